The van der Waals surface area contributed by atoms with E-state index in [1.807, 2.05) is 38.1 Å². The maximum absolute atomic E-state index is 13.1. The third-order valence-electron chi connectivity index (χ3n) is 5.61. The predicted octanol–water partition coefficient (Wildman–Crippen LogP) is 4.72. The van der Waals surface area contributed by atoms with Crippen LogP contribution in [0.3, 0.4) is 0 Å². The molecule has 0 aliphatic rings. The van der Waals surface area contributed by atoms with Gasteiger partial charge in [0.2, 0.25) is 0 Å². The van der Waals surface area contributed by atoms with Gasteiger partial charge in [-0.1, -0.05) is 47.7 Å². The quantitative estimate of drug-likeness (QED) is 0.215. The summed E-state index contributed by atoms with van der Waals surface area (Å²) in [5, 5.41) is 0. The lowest BCUT2D eigenvalue weighted by molar-refractivity contribution is 0.0970. The third kappa shape index (κ3) is 4.16. The largest absolute Gasteiger partial charge is 0.348 e. The Balaban J connectivity index is 1.58. The third-order valence-corrected chi connectivity index (χ3v) is 7.04. The number of nitrogens with zero attached hydrogens (tertiary/aromatic N) is 4. The van der Waals surface area contributed by atoms with Crippen molar-refractivity contribution < 1.29 is 4.79 Å². The van der Waals surface area contributed by atoms with Crippen molar-refractivity contribution in [3.63, 3.8) is 0 Å². The molecule has 0 N–H and O–H groups in total. The lowest BCUT2D eigenvalue weighted by atomic mass is 10.1. The number of carbonyl (C=O) groups is 1. The monoisotopic (exact) mass is 464 g/mol. The molecule has 0 saturated carbocycles. The molecule has 32 heavy (non-hydrogen) atoms. The number of benzene rings is 1. The molecule has 0 aliphatic heterocycles. The van der Waals surface area contributed by atoms with E-state index in [1.165, 1.54) is 27.8 Å². The summed E-state index contributed by atoms with van der Waals surface area (Å²) in [6.45, 7) is 8.91. The van der Waals surface area contributed by atoms with Crippen LogP contribution in [0.1, 0.15) is 27.3 Å². The molecule has 0 bridgehead atoms. The van der Waals surface area contributed by atoms with Gasteiger partial charge in [0.05, 0.1) is 6.54 Å². The van der Waals surface area contributed by atoms with Crippen LogP contribution in [0, 0.1) is 17.8 Å². The summed E-state index contributed by atoms with van der Waals surface area (Å²) in [5.74, 6) is -0.110. The standard InChI is InChI=1S/C24H24N4O2S2/c1-4-11-28-22-21(32-24(28)31)23(30)26(15-25-22)14-20(29)19-13-16(2)27(17(19)3)12-10-18-8-6-5-7-9-18/h4-9,13,15H,1,10-12,14H2,2-3H3. The fourth-order valence-electron chi connectivity index (χ4n) is 3.93. The Hall–Kier alpha value is -3.10. The van der Waals surface area contributed by atoms with Crippen LogP contribution in [-0.2, 0) is 26.1 Å². The zero-order valence-electron chi connectivity index (χ0n) is 18.1. The van der Waals surface area contributed by atoms with Crippen LogP contribution >= 0.6 is 23.6 Å². The van der Waals surface area contributed by atoms with Crippen LogP contribution in [0.4, 0.5) is 0 Å². The van der Waals surface area contributed by atoms with Gasteiger partial charge in [0.25, 0.3) is 5.56 Å². The highest BCUT2D eigenvalue weighted by molar-refractivity contribution is 7.73. The first-order chi connectivity index (χ1) is 15.4. The van der Waals surface area contributed by atoms with Gasteiger partial charge in [-0.3, -0.25) is 14.2 Å². The lowest BCUT2D eigenvalue weighted by Gasteiger charge is -2.10. The molecule has 3 heterocycles. The van der Waals surface area contributed by atoms with Gasteiger partial charge < -0.3 is 9.13 Å². The van der Waals surface area contributed by atoms with E-state index in [1.54, 1.807) is 10.6 Å². The van der Waals surface area contributed by atoms with E-state index in [0.29, 0.717) is 26.4 Å². The van der Waals surface area contributed by atoms with Crippen molar-refractivity contribution >= 4 is 39.7 Å². The molecule has 4 aromatic rings. The molecule has 0 amide bonds. The van der Waals surface area contributed by atoms with E-state index in [-0.39, 0.29) is 17.9 Å². The van der Waals surface area contributed by atoms with Crippen LogP contribution in [-0.4, -0.2) is 24.5 Å². The first kappa shape index (κ1) is 22.1. The average molecular weight is 465 g/mol. The number of allylic oxidation sites excluding steroid dienone is 1. The van der Waals surface area contributed by atoms with Gasteiger partial charge in [-0.2, -0.15) is 0 Å². The minimum Gasteiger partial charge on any atom is -0.348 e. The van der Waals surface area contributed by atoms with Gasteiger partial charge in [-0.15, -0.1) is 6.58 Å². The van der Waals surface area contributed by atoms with Gasteiger partial charge in [0.15, 0.2) is 15.4 Å². The predicted molar refractivity (Wildman–Crippen MR) is 131 cm³/mol. The molecule has 6 nitrogen and oxygen atoms in total. The van der Waals surface area contributed by atoms with Crippen LogP contribution < -0.4 is 5.56 Å². The molecular formula is C24H24N4O2S2. The summed E-state index contributed by atoms with van der Waals surface area (Å²) in [6, 6.07) is 12.2. The Morgan fingerprint density at radius 3 is 2.69 bits per heavy atom. The fourth-order valence-corrected chi connectivity index (χ4v) is 5.24. The van der Waals surface area contributed by atoms with Crippen LogP contribution in [0.25, 0.3) is 10.3 Å². The summed E-state index contributed by atoms with van der Waals surface area (Å²) in [4.78, 5) is 30.5. The van der Waals surface area contributed by atoms with Crippen molar-refractivity contribution in [1.29, 1.82) is 0 Å². The smallest absolute Gasteiger partial charge is 0.273 e. The summed E-state index contributed by atoms with van der Waals surface area (Å²) < 4.78 is 6.32. The second-order valence-electron chi connectivity index (χ2n) is 7.69. The summed E-state index contributed by atoms with van der Waals surface area (Å²) in [6.07, 6.45) is 4.03. The Morgan fingerprint density at radius 1 is 1.22 bits per heavy atom. The van der Waals surface area contributed by atoms with E-state index >= 15 is 0 Å². The maximum Gasteiger partial charge on any atom is 0.273 e. The lowest BCUT2D eigenvalue weighted by Crippen LogP contribution is -2.24. The van der Waals surface area contributed by atoms with Crippen LogP contribution in [0.2, 0.25) is 0 Å². The Kier molecular flexibility index (Phi) is 6.34. The number of hydrogen-bond donors (Lipinski definition) is 0. The van der Waals surface area contributed by atoms with Gasteiger partial charge in [-0.25, -0.2) is 4.98 Å². The SMILES string of the molecule is C=CCn1c(=S)sc2c(=O)n(CC(=O)c3cc(C)n(CCc4ccccc4)c3C)cnc21. The normalized spacial score (nSPS) is 11.2. The Morgan fingerprint density at radius 2 is 1.97 bits per heavy atom. The first-order valence-electron chi connectivity index (χ1n) is 10.3. The molecular weight excluding hydrogens is 440 g/mol. The van der Waals surface area contributed by atoms with E-state index in [4.69, 9.17) is 12.2 Å². The summed E-state index contributed by atoms with van der Waals surface area (Å²) in [7, 11) is 0. The van der Waals surface area contributed by atoms with Crippen LogP contribution in [0.15, 0.2) is 60.2 Å². The molecule has 0 aliphatic carbocycles. The molecule has 0 saturated heterocycles. The highest BCUT2D eigenvalue weighted by Gasteiger charge is 2.18. The molecule has 3 aromatic heterocycles. The van der Waals surface area contributed by atoms with Crippen molar-refractivity contribution in [2.75, 3.05) is 0 Å². The number of thiazole rings is 1. The van der Waals surface area contributed by atoms with Crippen molar-refractivity contribution in [3.8, 4) is 0 Å². The number of rotatable bonds is 8. The molecule has 4 rings (SSSR count). The molecule has 0 atom stereocenters. The number of hydrogen-bond acceptors (Lipinski definition) is 5. The second kappa shape index (κ2) is 9.18. The number of aryl methyl sites for hydroxylation is 2. The molecule has 0 unspecified atom stereocenters. The Labute approximate surface area is 195 Å². The van der Waals surface area contributed by atoms with Gasteiger partial charge in [0, 0.05) is 30.0 Å². The van der Waals surface area contributed by atoms with Crippen molar-refractivity contribution in [2.45, 2.75) is 39.9 Å². The minimum absolute atomic E-state index is 0.0587. The van der Waals surface area contributed by atoms with E-state index in [9.17, 15) is 9.59 Å². The van der Waals surface area contributed by atoms with Crippen LogP contribution in [0.5, 0.6) is 0 Å². The van der Waals surface area contributed by atoms with Gasteiger partial charge in [0.1, 0.15) is 11.0 Å². The highest BCUT2D eigenvalue weighted by Crippen LogP contribution is 2.19. The van der Waals surface area contributed by atoms with Gasteiger partial charge >= 0.3 is 0 Å². The number of ketones is 1. The zero-order valence-corrected chi connectivity index (χ0v) is 19.7. The summed E-state index contributed by atoms with van der Waals surface area (Å²) >= 11 is 6.57. The molecule has 0 fully saturated rings. The van der Waals surface area contributed by atoms with E-state index in [0.717, 1.165) is 24.4 Å². The molecule has 0 radical (unpaired) electrons. The topological polar surface area (TPSA) is 61.8 Å². The molecule has 0 spiro atoms. The molecule has 8 heteroatoms. The van der Waals surface area contributed by atoms with E-state index < -0.39 is 0 Å². The van der Waals surface area contributed by atoms with Gasteiger partial charge in [-0.05, 0) is 44.1 Å². The average Bonchev–Trinajstić information content (AvgIpc) is 3.26. The number of Topliss-reactive ketones (excluding diaryl/α,β-unsaturated/α-hetero) is 1. The molecule has 164 valence electrons. The molecule has 1 aromatic carbocycles. The summed E-state index contributed by atoms with van der Waals surface area (Å²) in [5.41, 5.74) is 4.12. The highest BCUT2D eigenvalue weighted by atomic mass is 32.1. The number of carbonyl (C=O) groups excluding carboxylic acids is 1. The second-order valence-corrected chi connectivity index (χ2v) is 9.34. The zero-order chi connectivity index (χ0) is 22.8. The first-order valence-corrected chi connectivity index (χ1v) is 11.6. The van der Waals surface area contributed by atoms with Crippen molar-refractivity contribution in [2.24, 2.45) is 0 Å². The fraction of sp³-hybridized carbons (Fsp3) is 0.250. The van der Waals surface area contributed by atoms with E-state index in [2.05, 4.69) is 28.3 Å². The number of fused-ring (bicyclic) bond motifs is 1. The number of aromatic nitrogens is 4. The maximum atomic E-state index is 13.1. The van der Waals surface area contributed by atoms with Crippen molar-refractivity contribution in [1.82, 2.24) is 18.7 Å². The van der Waals surface area contributed by atoms with Crippen molar-refractivity contribution in [3.05, 3.63) is 92.2 Å². The minimum atomic E-state index is -0.250. The Bertz CT molecular complexity index is 1420.